The molecule has 0 unspecified atom stereocenters. The molecule has 0 atom stereocenters. The van der Waals surface area contributed by atoms with Gasteiger partial charge in [-0.05, 0) is 56.1 Å². The first-order chi connectivity index (χ1) is 9.79. The molecule has 0 saturated heterocycles. The van der Waals surface area contributed by atoms with Crippen molar-refractivity contribution in [3.8, 4) is 0 Å². The van der Waals surface area contributed by atoms with Gasteiger partial charge in [-0.2, -0.15) is 0 Å². The molecule has 1 aliphatic heterocycles. The second-order valence-corrected chi connectivity index (χ2v) is 5.42. The van der Waals surface area contributed by atoms with Crippen molar-refractivity contribution in [3.05, 3.63) is 59.2 Å². The average molecular weight is 266 g/mol. The van der Waals surface area contributed by atoms with Crippen LogP contribution in [0.3, 0.4) is 0 Å². The highest BCUT2D eigenvalue weighted by molar-refractivity contribution is 5.68. The van der Waals surface area contributed by atoms with E-state index in [9.17, 15) is 0 Å². The molecule has 1 heterocycles. The van der Waals surface area contributed by atoms with Crippen LogP contribution in [0.15, 0.2) is 42.5 Å². The third kappa shape index (κ3) is 2.44. The van der Waals surface area contributed by atoms with Crippen LogP contribution in [0.2, 0.25) is 0 Å². The fourth-order valence-corrected chi connectivity index (χ4v) is 2.97. The number of nitrogens with one attached hydrogen (secondary N) is 1. The molecular weight excluding hydrogens is 244 g/mol. The third-order valence-electron chi connectivity index (χ3n) is 4.07. The van der Waals surface area contributed by atoms with Crippen LogP contribution >= 0.6 is 0 Å². The van der Waals surface area contributed by atoms with Crippen molar-refractivity contribution in [2.24, 2.45) is 0 Å². The van der Waals surface area contributed by atoms with E-state index in [0.29, 0.717) is 0 Å². The number of aryl methyl sites for hydroxylation is 1. The topological polar surface area (TPSA) is 15.3 Å². The summed E-state index contributed by atoms with van der Waals surface area (Å²) in [6, 6.07) is 15.5. The molecule has 0 aliphatic carbocycles. The number of fused-ring (bicyclic) bond motifs is 1. The number of hydrogen-bond acceptors (Lipinski definition) is 2. The monoisotopic (exact) mass is 266 g/mol. The van der Waals surface area contributed by atoms with Gasteiger partial charge in [-0.15, -0.1) is 0 Å². The lowest BCUT2D eigenvalue weighted by molar-refractivity contribution is 0.643. The number of benzene rings is 2. The normalized spacial score (nSPS) is 13.9. The summed E-state index contributed by atoms with van der Waals surface area (Å²) in [6.45, 7) is 7.41. The number of rotatable bonds is 3. The summed E-state index contributed by atoms with van der Waals surface area (Å²) in [4.78, 5) is 2.41. The molecule has 0 fully saturated rings. The van der Waals surface area contributed by atoms with Gasteiger partial charge in [-0.25, -0.2) is 0 Å². The molecule has 0 radical (unpaired) electrons. The highest BCUT2D eigenvalue weighted by Gasteiger charge is 2.16. The summed E-state index contributed by atoms with van der Waals surface area (Å²) in [5.41, 5.74) is 6.88. The standard InChI is InChI=1S/C18H22N2/c1-3-20(16-9-7-14(2)8-10-16)18-6-4-5-15-11-12-19-13-17(15)18/h4-10,19H,3,11-13H2,1-2H3. The van der Waals surface area contributed by atoms with Gasteiger partial charge in [0.15, 0.2) is 0 Å². The molecule has 0 saturated carbocycles. The molecule has 2 aromatic rings. The number of nitrogens with zero attached hydrogens (tertiary/aromatic N) is 1. The van der Waals surface area contributed by atoms with Crippen LogP contribution in [0.5, 0.6) is 0 Å². The number of anilines is 2. The molecule has 2 aromatic carbocycles. The fraction of sp³-hybridized carbons (Fsp3) is 0.333. The van der Waals surface area contributed by atoms with E-state index in [4.69, 9.17) is 0 Å². The predicted octanol–water partition coefficient (Wildman–Crippen LogP) is 3.80. The van der Waals surface area contributed by atoms with Crippen molar-refractivity contribution in [1.29, 1.82) is 0 Å². The van der Waals surface area contributed by atoms with Crippen LogP contribution in [-0.4, -0.2) is 13.1 Å². The summed E-state index contributed by atoms with van der Waals surface area (Å²) in [6.07, 6.45) is 1.13. The lowest BCUT2D eigenvalue weighted by atomic mass is 9.98. The van der Waals surface area contributed by atoms with Crippen molar-refractivity contribution in [1.82, 2.24) is 5.32 Å². The van der Waals surface area contributed by atoms with Crippen LogP contribution in [0, 0.1) is 6.92 Å². The van der Waals surface area contributed by atoms with Crippen LogP contribution in [0.25, 0.3) is 0 Å². The van der Waals surface area contributed by atoms with E-state index < -0.39 is 0 Å². The average Bonchev–Trinajstić information content (AvgIpc) is 2.50. The lowest BCUT2D eigenvalue weighted by Crippen LogP contribution is -2.27. The highest BCUT2D eigenvalue weighted by Crippen LogP contribution is 2.31. The van der Waals surface area contributed by atoms with E-state index in [1.54, 1.807) is 0 Å². The van der Waals surface area contributed by atoms with E-state index in [2.05, 4.69) is 66.5 Å². The van der Waals surface area contributed by atoms with Gasteiger partial charge in [0.2, 0.25) is 0 Å². The first-order valence-corrected chi connectivity index (χ1v) is 7.45. The summed E-state index contributed by atoms with van der Waals surface area (Å²) in [5, 5.41) is 3.49. The largest absolute Gasteiger partial charge is 0.341 e. The molecule has 2 nitrogen and oxygen atoms in total. The van der Waals surface area contributed by atoms with Gasteiger partial charge in [0.25, 0.3) is 0 Å². The van der Waals surface area contributed by atoms with Gasteiger partial charge < -0.3 is 10.2 Å². The molecule has 104 valence electrons. The molecule has 3 rings (SSSR count). The van der Waals surface area contributed by atoms with Crippen LogP contribution < -0.4 is 10.2 Å². The zero-order valence-corrected chi connectivity index (χ0v) is 12.3. The second kappa shape index (κ2) is 5.68. The van der Waals surface area contributed by atoms with Crippen LogP contribution in [0.4, 0.5) is 11.4 Å². The van der Waals surface area contributed by atoms with Crippen molar-refractivity contribution in [2.45, 2.75) is 26.8 Å². The Kier molecular flexibility index (Phi) is 3.75. The highest BCUT2D eigenvalue weighted by atomic mass is 15.1. The Morgan fingerprint density at radius 1 is 1.10 bits per heavy atom. The van der Waals surface area contributed by atoms with Crippen molar-refractivity contribution in [2.75, 3.05) is 18.0 Å². The minimum absolute atomic E-state index is 0.980. The molecule has 1 N–H and O–H groups in total. The minimum atomic E-state index is 0.980. The Balaban J connectivity index is 2.03. The Bertz CT molecular complexity index is 587. The molecule has 0 aromatic heterocycles. The first kappa shape index (κ1) is 13.2. The Morgan fingerprint density at radius 3 is 2.65 bits per heavy atom. The van der Waals surface area contributed by atoms with Crippen molar-refractivity contribution in [3.63, 3.8) is 0 Å². The maximum absolute atomic E-state index is 3.49. The van der Waals surface area contributed by atoms with E-state index in [1.165, 1.54) is 28.1 Å². The van der Waals surface area contributed by atoms with E-state index in [0.717, 1.165) is 26.1 Å². The maximum atomic E-state index is 3.49. The summed E-state index contributed by atoms with van der Waals surface area (Å²) < 4.78 is 0. The van der Waals surface area contributed by atoms with E-state index in [1.807, 2.05) is 0 Å². The SMILES string of the molecule is CCN(c1ccc(C)cc1)c1cccc2c1CNCC2. The Hall–Kier alpha value is -1.80. The van der Waals surface area contributed by atoms with E-state index in [-0.39, 0.29) is 0 Å². The van der Waals surface area contributed by atoms with Gasteiger partial charge in [-0.1, -0.05) is 29.8 Å². The lowest BCUT2D eigenvalue weighted by Gasteiger charge is -2.29. The Morgan fingerprint density at radius 2 is 1.90 bits per heavy atom. The molecule has 20 heavy (non-hydrogen) atoms. The fourth-order valence-electron chi connectivity index (χ4n) is 2.97. The van der Waals surface area contributed by atoms with Gasteiger partial charge in [0.1, 0.15) is 0 Å². The van der Waals surface area contributed by atoms with Gasteiger partial charge >= 0.3 is 0 Å². The predicted molar refractivity (Wildman–Crippen MR) is 85.7 cm³/mol. The van der Waals surface area contributed by atoms with Gasteiger partial charge in [0.05, 0.1) is 0 Å². The zero-order valence-electron chi connectivity index (χ0n) is 12.3. The third-order valence-corrected chi connectivity index (χ3v) is 4.07. The van der Waals surface area contributed by atoms with Crippen LogP contribution in [0.1, 0.15) is 23.6 Å². The summed E-state index contributed by atoms with van der Waals surface area (Å²) in [7, 11) is 0. The molecule has 0 amide bonds. The number of hydrogen-bond donors (Lipinski definition) is 1. The minimum Gasteiger partial charge on any atom is -0.341 e. The molecule has 0 bridgehead atoms. The van der Waals surface area contributed by atoms with Gasteiger partial charge in [0, 0.05) is 24.5 Å². The molecule has 2 heteroatoms. The van der Waals surface area contributed by atoms with Crippen LogP contribution in [-0.2, 0) is 13.0 Å². The second-order valence-electron chi connectivity index (χ2n) is 5.42. The van der Waals surface area contributed by atoms with E-state index >= 15 is 0 Å². The van der Waals surface area contributed by atoms with Crippen molar-refractivity contribution < 1.29 is 0 Å². The molecular formula is C18H22N2. The molecule has 1 aliphatic rings. The molecule has 0 spiro atoms. The van der Waals surface area contributed by atoms with Crippen molar-refractivity contribution >= 4 is 11.4 Å². The summed E-state index contributed by atoms with van der Waals surface area (Å²) in [5.74, 6) is 0. The maximum Gasteiger partial charge on any atom is 0.0459 e. The summed E-state index contributed by atoms with van der Waals surface area (Å²) >= 11 is 0. The zero-order chi connectivity index (χ0) is 13.9. The quantitative estimate of drug-likeness (QED) is 0.909. The first-order valence-electron chi connectivity index (χ1n) is 7.45. The smallest absolute Gasteiger partial charge is 0.0459 e. The Labute approximate surface area is 121 Å². The van der Waals surface area contributed by atoms with Gasteiger partial charge in [-0.3, -0.25) is 0 Å².